The van der Waals surface area contributed by atoms with Gasteiger partial charge in [0.05, 0.1) is 25.6 Å². The standard InChI is InChI=1S/C20H26N4O7/c1-2-6-15(9-19(28)29)24-18(27)12-22-16(25)10-21-17(26)11-23-20(30)31-13-14-7-4-3-5-8-14/h2-8,15H,9-13H2,1H3,(H,21,26)(H,22,25)(H,23,30)(H,24,27)(H,28,29)/b6-2+. The fourth-order valence-corrected chi connectivity index (χ4v) is 2.25. The lowest BCUT2D eigenvalue weighted by atomic mass is 10.2. The average molecular weight is 434 g/mol. The highest BCUT2D eigenvalue weighted by Crippen LogP contribution is 2.00. The number of amides is 4. The molecule has 1 unspecified atom stereocenters. The number of rotatable bonds is 12. The van der Waals surface area contributed by atoms with Crippen LogP contribution in [0.2, 0.25) is 0 Å². The second kappa shape index (κ2) is 14.1. The highest BCUT2D eigenvalue weighted by molar-refractivity contribution is 5.89. The van der Waals surface area contributed by atoms with Crippen LogP contribution >= 0.6 is 0 Å². The van der Waals surface area contributed by atoms with Crippen LogP contribution in [0.25, 0.3) is 0 Å². The molecule has 0 aromatic heterocycles. The molecule has 1 rings (SSSR count). The number of carbonyl (C=O) groups excluding carboxylic acids is 4. The zero-order chi connectivity index (χ0) is 23.1. The minimum absolute atomic E-state index is 0.0557. The predicted molar refractivity (Wildman–Crippen MR) is 110 cm³/mol. The summed E-state index contributed by atoms with van der Waals surface area (Å²) in [7, 11) is 0. The summed E-state index contributed by atoms with van der Waals surface area (Å²) >= 11 is 0. The Morgan fingerprint density at radius 1 is 0.935 bits per heavy atom. The van der Waals surface area contributed by atoms with Crippen molar-refractivity contribution in [1.82, 2.24) is 21.3 Å². The van der Waals surface area contributed by atoms with E-state index in [1.807, 2.05) is 6.07 Å². The van der Waals surface area contributed by atoms with Gasteiger partial charge in [-0.15, -0.1) is 0 Å². The van der Waals surface area contributed by atoms with E-state index in [1.165, 1.54) is 6.08 Å². The molecular weight excluding hydrogens is 408 g/mol. The first kappa shape index (κ1) is 25.1. The van der Waals surface area contributed by atoms with Crippen molar-refractivity contribution in [2.45, 2.75) is 26.0 Å². The first-order valence-corrected chi connectivity index (χ1v) is 9.42. The van der Waals surface area contributed by atoms with Gasteiger partial charge in [-0.2, -0.15) is 0 Å². The van der Waals surface area contributed by atoms with Crippen LogP contribution in [0.3, 0.4) is 0 Å². The number of allylic oxidation sites excluding steroid dienone is 1. The first-order chi connectivity index (χ1) is 14.8. The fourth-order valence-electron chi connectivity index (χ4n) is 2.25. The van der Waals surface area contributed by atoms with Crippen LogP contribution in [0.1, 0.15) is 18.9 Å². The Kier molecular flexibility index (Phi) is 11.5. The number of aliphatic carboxylic acids is 1. The molecule has 31 heavy (non-hydrogen) atoms. The molecule has 1 aromatic rings. The van der Waals surface area contributed by atoms with Gasteiger partial charge in [0.2, 0.25) is 17.7 Å². The van der Waals surface area contributed by atoms with Crippen molar-refractivity contribution in [2.75, 3.05) is 19.6 Å². The van der Waals surface area contributed by atoms with Crippen molar-refractivity contribution in [3.63, 3.8) is 0 Å². The molecule has 0 saturated carbocycles. The second-order valence-electron chi connectivity index (χ2n) is 6.27. The Morgan fingerprint density at radius 2 is 1.52 bits per heavy atom. The normalized spacial score (nSPS) is 11.3. The van der Waals surface area contributed by atoms with E-state index >= 15 is 0 Å². The smallest absolute Gasteiger partial charge is 0.407 e. The molecule has 11 nitrogen and oxygen atoms in total. The largest absolute Gasteiger partial charge is 0.481 e. The van der Waals surface area contributed by atoms with Crippen molar-refractivity contribution in [2.24, 2.45) is 0 Å². The van der Waals surface area contributed by atoms with Crippen LogP contribution in [0.4, 0.5) is 4.79 Å². The minimum Gasteiger partial charge on any atom is -0.481 e. The van der Waals surface area contributed by atoms with Crippen LogP contribution in [-0.4, -0.2) is 60.6 Å². The Morgan fingerprint density at radius 3 is 2.10 bits per heavy atom. The minimum atomic E-state index is -1.08. The van der Waals surface area contributed by atoms with E-state index in [2.05, 4.69) is 21.3 Å². The molecule has 5 N–H and O–H groups in total. The molecule has 0 aliphatic rings. The van der Waals surface area contributed by atoms with Crippen LogP contribution in [0, 0.1) is 0 Å². The summed E-state index contributed by atoms with van der Waals surface area (Å²) in [5.74, 6) is -2.90. The van der Waals surface area contributed by atoms with E-state index in [0.717, 1.165) is 5.56 Å². The fraction of sp³-hybridized carbons (Fsp3) is 0.350. The highest BCUT2D eigenvalue weighted by atomic mass is 16.5. The molecule has 0 fully saturated rings. The lowest BCUT2D eigenvalue weighted by Crippen LogP contribution is -2.46. The summed E-state index contributed by atoms with van der Waals surface area (Å²) in [6.45, 7) is 0.567. The summed E-state index contributed by atoms with van der Waals surface area (Å²) < 4.78 is 4.95. The van der Waals surface area contributed by atoms with Gasteiger partial charge in [-0.05, 0) is 12.5 Å². The van der Waals surface area contributed by atoms with Gasteiger partial charge in [-0.25, -0.2) is 4.79 Å². The number of hydrogen-bond acceptors (Lipinski definition) is 6. The van der Waals surface area contributed by atoms with E-state index in [4.69, 9.17) is 9.84 Å². The number of alkyl carbamates (subject to hydrolysis) is 1. The third kappa shape index (κ3) is 12.3. The molecule has 4 amide bonds. The maximum Gasteiger partial charge on any atom is 0.407 e. The molecule has 0 aliphatic carbocycles. The number of benzene rings is 1. The Balaban J connectivity index is 2.20. The maximum atomic E-state index is 11.8. The number of carbonyl (C=O) groups is 5. The monoisotopic (exact) mass is 434 g/mol. The predicted octanol–water partition coefficient (Wildman–Crippen LogP) is -0.319. The summed E-state index contributed by atoms with van der Waals surface area (Å²) in [4.78, 5) is 57.5. The lowest BCUT2D eigenvalue weighted by Gasteiger charge is -2.13. The van der Waals surface area contributed by atoms with Crippen molar-refractivity contribution in [1.29, 1.82) is 0 Å². The quantitative estimate of drug-likeness (QED) is 0.282. The lowest BCUT2D eigenvalue weighted by molar-refractivity contribution is -0.137. The molecule has 11 heteroatoms. The van der Waals surface area contributed by atoms with Crippen LogP contribution < -0.4 is 21.3 Å². The zero-order valence-corrected chi connectivity index (χ0v) is 17.1. The molecule has 0 aliphatic heterocycles. The molecule has 0 saturated heterocycles. The van der Waals surface area contributed by atoms with E-state index in [-0.39, 0.29) is 26.1 Å². The Bertz CT molecular complexity index is 796. The van der Waals surface area contributed by atoms with Gasteiger partial charge in [0.1, 0.15) is 13.2 Å². The van der Waals surface area contributed by atoms with Crippen LogP contribution in [0.5, 0.6) is 0 Å². The van der Waals surface area contributed by atoms with Gasteiger partial charge in [-0.1, -0.05) is 42.5 Å². The Hall–Kier alpha value is -3.89. The van der Waals surface area contributed by atoms with E-state index < -0.39 is 42.4 Å². The van der Waals surface area contributed by atoms with Crippen LogP contribution in [0.15, 0.2) is 42.5 Å². The van der Waals surface area contributed by atoms with Gasteiger partial charge in [0.25, 0.3) is 0 Å². The molecule has 1 atom stereocenters. The van der Waals surface area contributed by atoms with Gasteiger partial charge < -0.3 is 31.1 Å². The van der Waals surface area contributed by atoms with Gasteiger partial charge in [-0.3, -0.25) is 19.2 Å². The molecule has 1 aromatic carbocycles. The Labute approximate surface area is 179 Å². The molecule has 0 bridgehead atoms. The molecular formula is C20H26N4O7. The molecule has 0 radical (unpaired) electrons. The zero-order valence-electron chi connectivity index (χ0n) is 17.1. The highest BCUT2D eigenvalue weighted by Gasteiger charge is 2.14. The first-order valence-electron chi connectivity index (χ1n) is 9.42. The van der Waals surface area contributed by atoms with Crippen LogP contribution in [-0.2, 0) is 30.5 Å². The number of carboxylic acid groups (broad SMARTS) is 1. The number of nitrogens with one attached hydrogen (secondary N) is 4. The second-order valence-corrected chi connectivity index (χ2v) is 6.27. The summed E-state index contributed by atoms with van der Waals surface area (Å²) in [5, 5.41) is 18.1. The van der Waals surface area contributed by atoms with E-state index in [0.29, 0.717) is 0 Å². The van der Waals surface area contributed by atoms with Gasteiger partial charge in [0.15, 0.2) is 0 Å². The summed E-state index contributed by atoms with van der Waals surface area (Å²) in [6.07, 6.45) is 2.05. The average Bonchev–Trinajstić information content (AvgIpc) is 2.73. The number of ether oxygens (including phenoxy) is 1. The van der Waals surface area contributed by atoms with Crippen molar-refractivity contribution in [3.8, 4) is 0 Å². The SMILES string of the molecule is C/C=C/C(CC(=O)O)NC(=O)CNC(=O)CNC(=O)CNC(=O)OCc1ccccc1. The van der Waals surface area contributed by atoms with Crippen molar-refractivity contribution in [3.05, 3.63) is 48.0 Å². The molecule has 0 spiro atoms. The molecule has 168 valence electrons. The number of carboxylic acids is 1. The van der Waals surface area contributed by atoms with E-state index in [9.17, 15) is 24.0 Å². The summed E-state index contributed by atoms with van der Waals surface area (Å²) in [6, 6.07) is 8.30. The third-order valence-corrected chi connectivity index (χ3v) is 3.66. The van der Waals surface area contributed by atoms with Crippen molar-refractivity contribution >= 4 is 29.8 Å². The third-order valence-electron chi connectivity index (χ3n) is 3.66. The molecule has 0 heterocycles. The van der Waals surface area contributed by atoms with Gasteiger partial charge in [0, 0.05) is 0 Å². The van der Waals surface area contributed by atoms with Crippen molar-refractivity contribution < 1.29 is 33.8 Å². The van der Waals surface area contributed by atoms with E-state index in [1.54, 1.807) is 37.3 Å². The maximum absolute atomic E-state index is 11.8. The topological polar surface area (TPSA) is 163 Å². The number of hydrogen-bond donors (Lipinski definition) is 5. The summed E-state index contributed by atoms with van der Waals surface area (Å²) in [5.41, 5.74) is 0.794. The van der Waals surface area contributed by atoms with Gasteiger partial charge >= 0.3 is 12.1 Å².